The second-order valence-corrected chi connectivity index (χ2v) is 4.04. The summed E-state index contributed by atoms with van der Waals surface area (Å²) in [7, 11) is 0. The minimum absolute atomic E-state index is 0.0324. The number of aromatic nitrogens is 2. The average Bonchev–Trinajstić information content (AvgIpc) is 2.38. The summed E-state index contributed by atoms with van der Waals surface area (Å²) in [6, 6.07) is 5.84. The maximum Gasteiger partial charge on any atom is 0.356 e. The van der Waals surface area contributed by atoms with Crippen molar-refractivity contribution < 1.29 is 14.7 Å². The third kappa shape index (κ3) is 2.72. The van der Waals surface area contributed by atoms with Crippen LogP contribution in [0.15, 0.2) is 35.3 Å². The van der Waals surface area contributed by atoms with Crippen LogP contribution in [0.3, 0.4) is 0 Å². The lowest BCUT2D eigenvalue weighted by Gasteiger charge is -2.07. The molecule has 0 aliphatic carbocycles. The van der Waals surface area contributed by atoms with Crippen molar-refractivity contribution in [2.75, 3.05) is 5.32 Å². The number of carboxylic acid groups (broad SMARTS) is 1. The fourth-order valence-electron chi connectivity index (χ4n) is 1.62. The van der Waals surface area contributed by atoms with Gasteiger partial charge >= 0.3 is 5.97 Å². The topological polar surface area (TPSA) is 112 Å². The van der Waals surface area contributed by atoms with Gasteiger partial charge < -0.3 is 15.4 Å². The number of carboxylic acids is 1. The largest absolute Gasteiger partial charge is 0.476 e. The predicted molar refractivity (Wildman–Crippen MR) is 70.9 cm³/mol. The number of rotatable bonds is 3. The Morgan fingerprint density at radius 3 is 2.70 bits per heavy atom. The molecule has 0 saturated carbocycles. The van der Waals surface area contributed by atoms with Gasteiger partial charge in [0.05, 0.1) is 5.69 Å². The first-order chi connectivity index (χ1) is 9.49. The molecule has 0 aromatic carbocycles. The number of anilines is 1. The monoisotopic (exact) mass is 273 g/mol. The zero-order chi connectivity index (χ0) is 14.7. The van der Waals surface area contributed by atoms with E-state index in [4.69, 9.17) is 5.11 Å². The molecule has 0 fully saturated rings. The highest BCUT2D eigenvalue weighted by molar-refractivity contribution is 6.06. The van der Waals surface area contributed by atoms with Crippen molar-refractivity contribution in [3.05, 3.63) is 57.8 Å². The molecule has 0 unspecified atom stereocenters. The second-order valence-electron chi connectivity index (χ2n) is 4.04. The number of pyridine rings is 2. The van der Waals surface area contributed by atoms with Crippen molar-refractivity contribution in [2.45, 2.75) is 6.92 Å². The van der Waals surface area contributed by atoms with Gasteiger partial charge in [0.2, 0.25) is 0 Å². The number of carbonyl (C=O) groups is 2. The fraction of sp³-hybridized carbons (Fsp3) is 0.0769. The number of carbonyl (C=O) groups excluding carboxylic acids is 1. The molecule has 0 bridgehead atoms. The Morgan fingerprint density at radius 2 is 2.05 bits per heavy atom. The summed E-state index contributed by atoms with van der Waals surface area (Å²) in [5.74, 6) is -1.96. The molecule has 0 radical (unpaired) electrons. The van der Waals surface area contributed by atoms with Gasteiger partial charge in [-0.3, -0.25) is 9.59 Å². The summed E-state index contributed by atoms with van der Waals surface area (Å²) < 4.78 is 0. The molecule has 2 aromatic rings. The van der Waals surface area contributed by atoms with Crippen LogP contribution in [-0.4, -0.2) is 27.0 Å². The van der Waals surface area contributed by atoms with Crippen LogP contribution in [0.2, 0.25) is 0 Å². The minimum atomic E-state index is -1.27. The minimum Gasteiger partial charge on any atom is -0.476 e. The number of nitrogens with zero attached hydrogens (tertiary/aromatic N) is 1. The quantitative estimate of drug-likeness (QED) is 0.773. The van der Waals surface area contributed by atoms with Gasteiger partial charge in [0, 0.05) is 11.9 Å². The second kappa shape index (κ2) is 5.35. The molecule has 3 N–H and O–H groups in total. The summed E-state index contributed by atoms with van der Waals surface area (Å²) in [6.45, 7) is 1.69. The Morgan fingerprint density at radius 1 is 1.30 bits per heavy atom. The van der Waals surface area contributed by atoms with Gasteiger partial charge in [-0.1, -0.05) is 0 Å². The van der Waals surface area contributed by atoms with Crippen LogP contribution in [0.25, 0.3) is 0 Å². The average molecular weight is 273 g/mol. The Labute approximate surface area is 113 Å². The smallest absolute Gasteiger partial charge is 0.356 e. The predicted octanol–water partition coefficient (Wildman–Crippen LogP) is 1.03. The molecule has 7 heteroatoms. The zero-order valence-corrected chi connectivity index (χ0v) is 10.5. The lowest BCUT2D eigenvalue weighted by Crippen LogP contribution is -2.24. The molecular formula is C13H11N3O4. The van der Waals surface area contributed by atoms with E-state index >= 15 is 0 Å². The number of H-pyrrole nitrogens is 1. The molecule has 0 saturated heterocycles. The van der Waals surface area contributed by atoms with E-state index < -0.39 is 17.4 Å². The normalized spacial score (nSPS) is 10.1. The molecule has 20 heavy (non-hydrogen) atoms. The zero-order valence-electron chi connectivity index (χ0n) is 10.5. The van der Waals surface area contributed by atoms with Crippen molar-refractivity contribution in [1.29, 1.82) is 0 Å². The summed E-state index contributed by atoms with van der Waals surface area (Å²) in [6.07, 6.45) is 1.30. The number of nitrogens with one attached hydrogen (secondary N) is 2. The van der Waals surface area contributed by atoms with Crippen LogP contribution in [0.1, 0.15) is 26.5 Å². The third-order valence-corrected chi connectivity index (χ3v) is 2.56. The molecule has 0 spiro atoms. The molecule has 0 aliphatic heterocycles. The van der Waals surface area contributed by atoms with Crippen molar-refractivity contribution in [2.24, 2.45) is 0 Å². The van der Waals surface area contributed by atoms with E-state index in [9.17, 15) is 14.4 Å². The first kappa shape index (κ1) is 13.5. The number of aromatic amines is 1. The van der Waals surface area contributed by atoms with Crippen LogP contribution in [0.5, 0.6) is 0 Å². The standard InChI is InChI=1S/C13H11N3O4/c1-7-4-5-8(11(17)15-7)12(18)16-9-3-2-6-14-10(9)13(19)20/h2-6H,1H3,(H,15,17)(H,16,18)(H,19,20). The van der Waals surface area contributed by atoms with E-state index in [-0.39, 0.29) is 16.9 Å². The molecule has 2 aromatic heterocycles. The maximum atomic E-state index is 12.0. The van der Waals surface area contributed by atoms with Gasteiger partial charge in [-0.15, -0.1) is 0 Å². The number of hydrogen-bond acceptors (Lipinski definition) is 4. The Balaban J connectivity index is 2.33. The van der Waals surface area contributed by atoms with Gasteiger partial charge in [-0.05, 0) is 31.2 Å². The molecule has 2 rings (SSSR count). The van der Waals surface area contributed by atoms with Crippen LogP contribution in [-0.2, 0) is 0 Å². The van der Waals surface area contributed by atoms with Gasteiger partial charge in [0.1, 0.15) is 5.56 Å². The Bertz CT molecular complexity index is 736. The van der Waals surface area contributed by atoms with Crippen molar-refractivity contribution in [3.8, 4) is 0 Å². The van der Waals surface area contributed by atoms with Gasteiger partial charge in [-0.25, -0.2) is 9.78 Å². The van der Waals surface area contributed by atoms with Crippen molar-refractivity contribution >= 4 is 17.6 Å². The highest BCUT2D eigenvalue weighted by atomic mass is 16.4. The molecule has 0 aliphatic rings. The Kier molecular flexibility index (Phi) is 3.60. The van der Waals surface area contributed by atoms with Gasteiger partial charge in [0.15, 0.2) is 5.69 Å². The van der Waals surface area contributed by atoms with E-state index in [1.807, 2.05) is 0 Å². The van der Waals surface area contributed by atoms with Crippen LogP contribution < -0.4 is 10.9 Å². The maximum absolute atomic E-state index is 12.0. The van der Waals surface area contributed by atoms with Gasteiger partial charge in [-0.2, -0.15) is 0 Å². The molecule has 1 amide bonds. The van der Waals surface area contributed by atoms with Gasteiger partial charge in [0.25, 0.3) is 11.5 Å². The van der Waals surface area contributed by atoms with E-state index in [2.05, 4.69) is 15.3 Å². The Hall–Kier alpha value is -2.96. The summed E-state index contributed by atoms with van der Waals surface area (Å²) in [4.78, 5) is 40.7. The molecular weight excluding hydrogens is 262 g/mol. The lowest BCUT2D eigenvalue weighted by atomic mass is 10.2. The summed E-state index contributed by atoms with van der Waals surface area (Å²) >= 11 is 0. The first-order valence-electron chi connectivity index (χ1n) is 5.68. The number of aromatic carboxylic acids is 1. The van der Waals surface area contributed by atoms with Crippen LogP contribution >= 0.6 is 0 Å². The number of amides is 1. The molecule has 7 nitrogen and oxygen atoms in total. The van der Waals surface area contributed by atoms with Crippen molar-refractivity contribution in [3.63, 3.8) is 0 Å². The SMILES string of the molecule is Cc1ccc(C(=O)Nc2cccnc2C(=O)O)c(=O)[nH]1. The van der Waals surface area contributed by atoms with Crippen molar-refractivity contribution in [1.82, 2.24) is 9.97 Å². The number of hydrogen-bond donors (Lipinski definition) is 3. The van der Waals surface area contributed by atoms with E-state index in [0.717, 1.165) is 0 Å². The fourth-order valence-corrected chi connectivity index (χ4v) is 1.62. The lowest BCUT2D eigenvalue weighted by molar-refractivity contribution is 0.0692. The third-order valence-electron chi connectivity index (χ3n) is 2.56. The highest BCUT2D eigenvalue weighted by Crippen LogP contribution is 2.12. The number of aryl methyl sites for hydroxylation is 1. The summed E-state index contributed by atoms with van der Waals surface area (Å²) in [5.41, 5.74) is -0.271. The van der Waals surface area contributed by atoms with E-state index in [1.54, 1.807) is 13.0 Å². The summed E-state index contributed by atoms with van der Waals surface area (Å²) in [5, 5.41) is 11.3. The van der Waals surface area contributed by atoms with E-state index in [1.165, 1.54) is 24.4 Å². The molecule has 2 heterocycles. The first-order valence-corrected chi connectivity index (χ1v) is 5.68. The highest BCUT2D eigenvalue weighted by Gasteiger charge is 2.16. The molecule has 0 atom stereocenters. The van der Waals surface area contributed by atoms with E-state index in [0.29, 0.717) is 5.69 Å². The van der Waals surface area contributed by atoms with Crippen LogP contribution in [0.4, 0.5) is 5.69 Å². The molecule has 102 valence electrons. The van der Waals surface area contributed by atoms with Crippen LogP contribution in [0, 0.1) is 6.92 Å².